The molecule has 0 spiro atoms. The number of rotatable bonds is 8. The number of carbonyl (C=O) groups is 1. The van der Waals surface area contributed by atoms with Crippen molar-refractivity contribution < 1.29 is 14.3 Å². The normalized spacial score (nSPS) is 15.6. The van der Waals surface area contributed by atoms with Gasteiger partial charge in [0.15, 0.2) is 11.5 Å². The van der Waals surface area contributed by atoms with Crippen LogP contribution in [0.3, 0.4) is 0 Å². The topological polar surface area (TPSA) is 59.6 Å². The van der Waals surface area contributed by atoms with E-state index in [0.29, 0.717) is 36.3 Å². The lowest BCUT2D eigenvalue weighted by Crippen LogP contribution is -2.36. The highest BCUT2D eigenvalue weighted by molar-refractivity contribution is 5.94. The third kappa shape index (κ3) is 5.71. The smallest absolute Gasteiger partial charge is 0.251 e. The van der Waals surface area contributed by atoms with Gasteiger partial charge in [-0.2, -0.15) is 0 Å². The Morgan fingerprint density at radius 2 is 1.88 bits per heavy atom. The predicted octanol–water partition coefficient (Wildman–Crippen LogP) is 3.14. The summed E-state index contributed by atoms with van der Waals surface area (Å²) in [5.74, 6) is 1.16. The predicted molar refractivity (Wildman–Crippen MR) is 96.0 cm³/mol. The molecule has 1 fully saturated rings. The molecule has 0 radical (unpaired) electrons. The Morgan fingerprint density at radius 3 is 2.54 bits per heavy atom. The van der Waals surface area contributed by atoms with Gasteiger partial charge in [-0.1, -0.05) is 25.7 Å². The molecule has 0 aliphatic heterocycles. The molecule has 1 aromatic carbocycles. The van der Waals surface area contributed by atoms with Crippen LogP contribution in [0.2, 0.25) is 0 Å². The van der Waals surface area contributed by atoms with Crippen LogP contribution in [0.4, 0.5) is 0 Å². The van der Waals surface area contributed by atoms with Gasteiger partial charge in [0.2, 0.25) is 0 Å². The van der Waals surface area contributed by atoms with Crippen LogP contribution in [-0.2, 0) is 0 Å². The zero-order valence-corrected chi connectivity index (χ0v) is 14.9. The fraction of sp³-hybridized carbons (Fsp3) is 0.632. The molecule has 1 aliphatic rings. The Balaban J connectivity index is 1.77. The summed E-state index contributed by atoms with van der Waals surface area (Å²) in [6.07, 6.45) is 7.85. The molecular weight excluding hydrogens is 304 g/mol. The van der Waals surface area contributed by atoms with Gasteiger partial charge < -0.3 is 20.1 Å². The van der Waals surface area contributed by atoms with Gasteiger partial charge in [-0.05, 0) is 38.0 Å². The van der Waals surface area contributed by atoms with Gasteiger partial charge in [-0.25, -0.2) is 0 Å². The van der Waals surface area contributed by atoms with Gasteiger partial charge >= 0.3 is 0 Å². The van der Waals surface area contributed by atoms with Crippen LogP contribution in [0.25, 0.3) is 0 Å². The molecule has 1 aromatic rings. The monoisotopic (exact) mass is 334 g/mol. The molecule has 1 saturated carbocycles. The van der Waals surface area contributed by atoms with Crippen LogP contribution in [0.1, 0.15) is 55.8 Å². The maximum absolute atomic E-state index is 12.3. The minimum absolute atomic E-state index is 0.0842. The minimum Gasteiger partial charge on any atom is -0.493 e. The number of carbonyl (C=O) groups excluding carboxylic acids is 1. The number of hydrogen-bond acceptors (Lipinski definition) is 4. The highest BCUT2D eigenvalue weighted by atomic mass is 16.5. The SMILES string of the molecule is CCOc1ccc(C(=O)NCCNC2CCCCCC2)cc1OC. The van der Waals surface area contributed by atoms with E-state index in [9.17, 15) is 4.79 Å². The van der Waals surface area contributed by atoms with Crippen molar-refractivity contribution in [3.05, 3.63) is 23.8 Å². The van der Waals surface area contributed by atoms with E-state index < -0.39 is 0 Å². The van der Waals surface area contributed by atoms with Crippen molar-refractivity contribution in [2.75, 3.05) is 26.8 Å². The Morgan fingerprint density at radius 1 is 1.12 bits per heavy atom. The van der Waals surface area contributed by atoms with Crippen molar-refractivity contribution in [3.8, 4) is 11.5 Å². The second kappa shape index (κ2) is 10.2. The van der Waals surface area contributed by atoms with Crippen molar-refractivity contribution in [3.63, 3.8) is 0 Å². The number of benzene rings is 1. The summed E-state index contributed by atoms with van der Waals surface area (Å²) in [6, 6.07) is 5.87. The average Bonchev–Trinajstić information content (AvgIpc) is 2.88. The van der Waals surface area contributed by atoms with Crippen LogP contribution in [0, 0.1) is 0 Å². The van der Waals surface area contributed by atoms with E-state index in [4.69, 9.17) is 9.47 Å². The molecule has 134 valence electrons. The maximum atomic E-state index is 12.3. The maximum Gasteiger partial charge on any atom is 0.251 e. The molecule has 0 bridgehead atoms. The lowest BCUT2D eigenvalue weighted by Gasteiger charge is -2.16. The number of nitrogens with one attached hydrogen (secondary N) is 2. The van der Waals surface area contributed by atoms with Gasteiger partial charge in [-0.15, -0.1) is 0 Å². The third-order valence-electron chi connectivity index (χ3n) is 4.42. The first-order chi connectivity index (χ1) is 11.7. The summed E-state index contributed by atoms with van der Waals surface area (Å²) >= 11 is 0. The van der Waals surface area contributed by atoms with Crippen LogP contribution < -0.4 is 20.1 Å². The van der Waals surface area contributed by atoms with E-state index in [-0.39, 0.29) is 5.91 Å². The molecule has 0 unspecified atom stereocenters. The molecule has 2 rings (SSSR count). The van der Waals surface area contributed by atoms with E-state index in [1.807, 2.05) is 6.92 Å². The average molecular weight is 334 g/mol. The number of ether oxygens (including phenoxy) is 2. The van der Waals surface area contributed by atoms with Gasteiger partial charge in [0.25, 0.3) is 5.91 Å². The minimum atomic E-state index is -0.0842. The van der Waals surface area contributed by atoms with E-state index in [1.54, 1.807) is 25.3 Å². The first-order valence-electron chi connectivity index (χ1n) is 9.07. The van der Waals surface area contributed by atoms with Crippen LogP contribution in [0.15, 0.2) is 18.2 Å². The standard InChI is InChI=1S/C19H30N2O3/c1-3-24-17-11-10-15(14-18(17)23-2)19(22)21-13-12-20-16-8-6-4-5-7-9-16/h10-11,14,16,20H,3-9,12-13H2,1-2H3,(H,21,22). The first-order valence-corrected chi connectivity index (χ1v) is 9.07. The molecule has 0 heterocycles. The summed E-state index contributed by atoms with van der Waals surface area (Å²) in [6.45, 7) is 3.92. The largest absolute Gasteiger partial charge is 0.493 e. The molecule has 5 nitrogen and oxygen atoms in total. The Bertz CT molecular complexity index is 511. The summed E-state index contributed by atoms with van der Waals surface area (Å²) in [4.78, 5) is 12.3. The van der Waals surface area contributed by atoms with E-state index in [2.05, 4.69) is 10.6 Å². The van der Waals surface area contributed by atoms with Crippen LogP contribution in [0.5, 0.6) is 11.5 Å². The fourth-order valence-electron chi connectivity index (χ4n) is 3.12. The number of hydrogen-bond donors (Lipinski definition) is 2. The van der Waals surface area contributed by atoms with Crippen molar-refractivity contribution in [1.29, 1.82) is 0 Å². The second-order valence-electron chi connectivity index (χ2n) is 6.20. The molecule has 1 aliphatic carbocycles. The third-order valence-corrected chi connectivity index (χ3v) is 4.42. The van der Waals surface area contributed by atoms with Gasteiger partial charge in [0.1, 0.15) is 0 Å². The number of methoxy groups -OCH3 is 1. The van der Waals surface area contributed by atoms with Gasteiger partial charge in [0, 0.05) is 24.7 Å². The zero-order chi connectivity index (χ0) is 17.2. The van der Waals surface area contributed by atoms with E-state index in [0.717, 1.165) is 6.54 Å². The highest BCUT2D eigenvalue weighted by Crippen LogP contribution is 2.27. The van der Waals surface area contributed by atoms with Gasteiger partial charge in [0.05, 0.1) is 13.7 Å². The summed E-state index contributed by atoms with van der Waals surface area (Å²) in [5.41, 5.74) is 0.588. The first kappa shape index (κ1) is 18.6. The van der Waals surface area contributed by atoms with Gasteiger partial charge in [-0.3, -0.25) is 4.79 Å². The van der Waals surface area contributed by atoms with Crippen molar-refractivity contribution in [2.24, 2.45) is 0 Å². The second-order valence-corrected chi connectivity index (χ2v) is 6.20. The molecule has 1 amide bonds. The van der Waals surface area contributed by atoms with Crippen molar-refractivity contribution in [2.45, 2.75) is 51.5 Å². The molecule has 5 heteroatoms. The van der Waals surface area contributed by atoms with E-state index in [1.165, 1.54) is 38.5 Å². The Hall–Kier alpha value is -1.75. The molecular formula is C19H30N2O3. The molecule has 0 aromatic heterocycles. The summed E-state index contributed by atoms with van der Waals surface area (Å²) in [7, 11) is 1.58. The number of amides is 1. The quantitative estimate of drug-likeness (QED) is 0.566. The fourth-order valence-corrected chi connectivity index (χ4v) is 3.12. The lowest BCUT2D eigenvalue weighted by atomic mass is 10.1. The summed E-state index contributed by atoms with van der Waals surface area (Å²) in [5, 5.41) is 6.52. The van der Waals surface area contributed by atoms with Crippen LogP contribution >= 0.6 is 0 Å². The van der Waals surface area contributed by atoms with Crippen molar-refractivity contribution in [1.82, 2.24) is 10.6 Å². The molecule has 0 saturated heterocycles. The molecule has 2 N–H and O–H groups in total. The zero-order valence-electron chi connectivity index (χ0n) is 14.9. The summed E-state index contributed by atoms with van der Waals surface area (Å²) < 4.78 is 10.8. The lowest BCUT2D eigenvalue weighted by molar-refractivity contribution is 0.0953. The van der Waals surface area contributed by atoms with Crippen molar-refractivity contribution >= 4 is 5.91 Å². The molecule has 0 atom stereocenters. The van der Waals surface area contributed by atoms with Crippen LogP contribution in [-0.4, -0.2) is 38.8 Å². The highest BCUT2D eigenvalue weighted by Gasteiger charge is 2.12. The van der Waals surface area contributed by atoms with E-state index >= 15 is 0 Å². The Labute approximate surface area is 145 Å². The Kier molecular flexibility index (Phi) is 7.89. The molecule has 24 heavy (non-hydrogen) atoms.